The third-order valence-corrected chi connectivity index (χ3v) is 7.46. The van der Waals surface area contributed by atoms with Gasteiger partial charge < -0.3 is 4.74 Å². The van der Waals surface area contributed by atoms with Gasteiger partial charge in [-0.1, -0.05) is 72.8 Å². The summed E-state index contributed by atoms with van der Waals surface area (Å²) in [4.78, 5) is 21.5. The fourth-order valence-corrected chi connectivity index (χ4v) is 5.72. The number of hydrogen-bond donors (Lipinski definition) is 0. The molecule has 0 bridgehead atoms. The van der Waals surface area contributed by atoms with E-state index in [1.807, 2.05) is 47.9 Å². The molecule has 0 radical (unpaired) electrons. The summed E-state index contributed by atoms with van der Waals surface area (Å²) >= 11 is 0. The standard InChI is InChI=1S/C31H31N3O2/c1-22-32-28-17-18-33(20-25-14-8-16-29-26(25)15-9-19-36-29)21-27(28)31(35)34(22)30(23-10-4-2-5-11-23)24-12-6-3-7-13-24/h2-8,10-14,16,30H,9,15,17-21H2,1H3. The molecule has 0 amide bonds. The van der Waals surface area contributed by atoms with Gasteiger partial charge in [-0.05, 0) is 48.1 Å². The van der Waals surface area contributed by atoms with E-state index in [0.29, 0.717) is 6.54 Å². The first-order chi connectivity index (χ1) is 17.7. The highest BCUT2D eigenvalue weighted by molar-refractivity contribution is 5.42. The summed E-state index contributed by atoms with van der Waals surface area (Å²) in [5.74, 6) is 1.78. The summed E-state index contributed by atoms with van der Waals surface area (Å²) in [6, 6.07) is 26.7. The van der Waals surface area contributed by atoms with E-state index < -0.39 is 0 Å². The Kier molecular flexibility index (Phi) is 6.16. The Hall–Kier alpha value is -3.70. The highest BCUT2D eigenvalue weighted by Crippen LogP contribution is 2.30. The Morgan fingerprint density at radius 3 is 2.33 bits per heavy atom. The van der Waals surface area contributed by atoms with Crippen LogP contribution in [0.2, 0.25) is 0 Å². The van der Waals surface area contributed by atoms with Gasteiger partial charge in [0, 0.05) is 26.1 Å². The maximum Gasteiger partial charge on any atom is 0.259 e. The Bertz CT molecular complexity index is 1390. The lowest BCUT2D eigenvalue weighted by Gasteiger charge is -2.31. The third kappa shape index (κ3) is 4.24. The van der Waals surface area contributed by atoms with Crippen LogP contribution in [0.4, 0.5) is 0 Å². The maximum absolute atomic E-state index is 14.1. The Labute approximate surface area is 212 Å². The Balaban J connectivity index is 1.38. The minimum absolute atomic E-state index is 0.0679. The van der Waals surface area contributed by atoms with Crippen molar-refractivity contribution in [3.05, 3.63) is 129 Å². The smallest absolute Gasteiger partial charge is 0.259 e. The van der Waals surface area contributed by atoms with E-state index in [9.17, 15) is 4.79 Å². The van der Waals surface area contributed by atoms with Crippen LogP contribution in [0.15, 0.2) is 83.7 Å². The van der Waals surface area contributed by atoms with Gasteiger partial charge in [-0.15, -0.1) is 0 Å². The molecule has 5 nitrogen and oxygen atoms in total. The van der Waals surface area contributed by atoms with Gasteiger partial charge in [-0.3, -0.25) is 14.3 Å². The number of benzene rings is 3. The van der Waals surface area contributed by atoms with Crippen LogP contribution in [0.5, 0.6) is 5.75 Å². The number of aromatic nitrogens is 2. The van der Waals surface area contributed by atoms with Crippen molar-refractivity contribution in [1.82, 2.24) is 14.5 Å². The van der Waals surface area contributed by atoms with E-state index in [1.54, 1.807) is 0 Å². The summed E-state index contributed by atoms with van der Waals surface area (Å²) in [6.45, 7) is 5.09. The number of rotatable bonds is 5. The van der Waals surface area contributed by atoms with Crippen LogP contribution < -0.4 is 10.3 Å². The minimum atomic E-state index is -0.216. The van der Waals surface area contributed by atoms with Gasteiger partial charge in [0.2, 0.25) is 0 Å². The fraction of sp³-hybridized carbons (Fsp3) is 0.290. The average Bonchev–Trinajstić information content (AvgIpc) is 2.92. The predicted molar refractivity (Wildman–Crippen MR) is 141 cm³/mol. The van der Waals surface area contributed by atoms with Crippen LogP contribution in [0.25, 0.3) is 0 Å². The summed E-state index contributed by atoms with van der Waals surface area (Å²) in [7, 11) is 0. The molecule has 2 aliphatic rings. The largest absolute Gasteiger partial charge is 0.493 e. The van der Waals surface area contributed by atoms with Gasteiger partial charge in [-0.25, -0.2) is 4.98 Å². The van der Waals surface area contributed by atoms with E-state index in [-0.39, 0.29) is 11.6 Å². The SMILES string of the molecule is Cc1nc2c(c(=O)n1C(c1ccccc1)c1ccccc1)CN(Cc1cccc3c1CCCO3)CC2. The van der Waals surface area contributed by atoms with Crippen molar-refractivity contribution in [3.8, 4) is 5.75 Å². The van der Waals surface area contributed by atoms with E-state index >= 15 is 0 Å². The van der Waals surface area contributed by atoms with Crippen LogP contribution >= 0.6 is 0 Å². The highest BCUT2D eigenvalue weighted by Gasteiger charge is 2.27. The lowest BCUT2D eigenvalue weighted by Crippen LogP contribution is -2.40. The second kappa shape index (κ2) is 9.75. The quantitative estimate of drug-likeness (QED) is 0.403. The molecule has 5 heteroatoms. The van der Waals surface area contributed by atoms with Gasteiger partial charge in [0.05, 0.1) is 23.9 Å². The molecule has 3 heterocycles. The van der Waals surface area contributed by atoms with Crippen molar-refractivity contribution in [2.24, 2.45) is 0 Å². The Morgan fingerprint density at radius 1 is 0.889 bits per heavy atom. The van der Waals surface area contributed by atoms with Crippen LogP contribution in [0, 0.1) is 6.92 Å². The van der Waals surface area contributed by atoms with Crippen molar-refractivity contribution in [3.63, 3.8) is 0 Å². The van der Waals surface area contributed by atoms with Crippen molar-refractivity contribution in [2.45, 2.75) is 45.3 Å². The average molecular weight is 478 g/mol. The summed E-state index contributed by atoms with van der Waals surface area (Å²) in [5.41, 5.74) is 6.63. The van der Waals surface area contributed by atoms with Gasteiger partial charge in [0.15, 0.2) is 0 Å². The van der Waals surface area contributed by atoms with E-state index in [2.05, 4.69) is 47.4 Å². The maximum atomic E-state index is 14.1. The number of hydrogen-bond acceptors (Lipinski definition) is 4. The van der Waals surface area contributed by atoms with E-state index in [4.69, 9.17) is 9.72 Å². The van der Waals surface area contributed by atoms with Gasteiger partial charge >= 0.3 is 0 Å². The van der Waals surface area contributed by atoms with Gasteiger partial charge in [0.25, 0.3) is 5.56 Å². The molecule has 0 saturated carbocycles. The van der Waals surface area contributed by atoms with Crippen LogP contribution in [0.3, 0.4) is 0 Å². The van der Waals surface area contributed by atoms with Crippen LogP contribution in [-0.4, -0.2) is 27.6 Å². The van der Waals surface area contributed by atoms with E-state index in [1.165, 1.54) is 11.1 Å². The van der Waals surface area contributed by atoms with Crippen molar-refractivity contribution < 1.29 is 4.74 Å². The molecule has 2 aliphatic heterocycles. The second-order valence-corrected chi connectivity index (χ2v) is 9.79. The Morgan fingerprint density at radius 2 is 1.61 bits per heavy atom. The fourth-order valence-electron chi connectivity index (χ4n) is 5.72. The molecule has 0 fully saturated rings. The molecular weight excluding hydrogens is 446 g/mol. The molecule has 6 rings (SSSR count). The monoisotopic (exact) mass is 477 g/mol. The minimum Gasteiger partial charge on any atom is -0.493 e. The molecule has 4 aromatic rings. The molecule has 182 valence electrons. The van der Waals surface area contributed by atoms with Gasteiger partial charge in [0.1, 0.15) is 11.6 Å². The number of ether oxygens (including phenoxy) is 1. The molecule has 0 atom stereocenters. The highest BCUT2D eigenvalue weighted by atomic mass is 16.5. The number of nitrogens with zero attached hydrogens (tertiary/aromatic N) is 3. The van der Waals surface area contributed by atoms with Crippen molar-refractivity contribution in [2.75, 3.05) is 13.2 Å². The molecule has 1 aromatic heterocycles. The van der Waals surface area contributed by atoms with Crippen molar-refractivity contribution >= 4 is 0 Å². The third-order valence-electron chi connectivity index (χ3n) is 7.46. The zero-order chi connectivity index (χ0) is 24.5. The molecule has 0 aliphatic carbocycles. The number of aryl methyl sites for hydroxylation is 1. The molecule has 36 heavy (non-hydrogen) atoms. The van der Waals surface area contributed by atoms with Gasteiger partial charge in [-0.2, -0.15) is 0 Å². The summed E-state index contributed by atoms with van der Waals surface area (Å²) in [6.07, 6.45) is 2.90. The molecule has 3 aromatic carbocycles. The van der Waals surface area contributed by atoms with Crippen molar-refractivity contribution in [1.29, 1.82) is 0 Å². The lowest BCUT2D eigenvalue weighted by atomic mass is 9.97. The number of fused-ring (bicyclic) bond motifs is 2. The lowest BCUT2D eigenvalue weighted by molar-refractivity contribution is 0.236. The molecule has 0 unspecified atom stereocenters. The zero-order valence-corrected chi connectivity index (χ0v) is 20.7. The predicted octanol–water partition coefficient (Wildman–Crippen LogP) is 5.07. The molecule has 0 N–H and O–H groups in total. The van der Waals surface area contributed by atoms with E-state index in [0.717, 1.165) is 72.9 Å². The van der Waals surface area contributed by atoms with Crippen LogP contribution in [-0.2, 0) is 25.9 Å². The first-order valence-corrected chi connectivity index (χ1v) is 12.9. The second-order valence-electron chi connectivity index (χ2n) is 9.79. The normalized spacial score (nSPS) is 15.3. The summed E-state index contributed by atoms with van der Waals surface area (Å²) < 4.78 is 7.78. The molecular formula is C31H31N3O2. The topological polar surface area (TPSA) is 47.4 Å². The molecule has 0 saturated heterocycles. The summed E-state index contributed by atoms with van der Waals surface area (Å²) in [5, 5.41) is 0. The first kappa shape index (κ1) is 22.7. The first-order valence-electron chi connectivity index (χ1n) is 12.9. The molecule has 0 spiro atoms. The van der Waals surface area contributed by atoms with Crippen LogP contribution in [0.1, 0.15) is 51.8 Å². The zero-order valence-electron chi connectivity index (χ0n) is 20.7.